The Morgan fingerprint density at radius 1 is 1.07 bits per heavy atom. The highest BCUT2D eigenvalue weighted by molar-refractivity contribution is 7.92. The molecule has 146 valence electrons. The molecule has 0 unspecified atom stereocenters. The molecule has 0 fully saturated rings. The molecule has 0 saturated heterocycles. The summed E-state index contributed by atoms with van der Waals surface area (Å²) in [6.45, 7) is 8.19. The van der Waals surface area contributed by atoms with Crippen molar-refractivity contribution in [2.75, 3.05) is 22.4 Å². The van der Waals surface area contributed by atoms with E-state index in [-0.39, 0.29) is 18.9 Å². The molecule has 27 heavy (non-hydrogen) atoms. The first-order valence-electron chi connectivity index (χ1n) is 9.02. The fourth-order valence-electron chi connectivity index (χ4n) is 2.88. The molecular weight excluding hydrogens is 360 g/mol. The number of amides is 1. The first kappa shape index (κ1) is 21.0. The van der Waals surface area contributed by atoms with Crippen LogP contribution < -0.4 is 9.62 Å². The summed E-state index contributed by atoms with van der Waals surface area (Å²) in [5.41, 5.74) is 4.56. The standard InChI is InChI=1S/C21H28N2O3S/c1-15(2)18-7-9-19(10-8-18)23(27(5,25)26)13-12-21(24)22-20-11-6-16(3)14-17(20)4/h6-11,14-15H,12-13H2,1-5H3,(H,22,24). The van der Waals surface area contributed by atoms with Crippen LogP contribution in [0.5, 0.6) is 0 Å². The van der Waals surface area contributed by atoms with Crippen molar-refractivity contribution in [3.63, 3.8) is 0 Å². The second-order valence-electron chi connectivity index (χ2n) is 7.20. The van der Waals surface area contributed by atoms with Crippen LogP contribution in [0, 0.1) is 13.8 Å². The predicted octanol–water partition coefficient (Wildman–Crippen LogP) is 4.22. The van der Waals surface area contributed by atoms with Crippen LogP contribution in [-0.4, -0.2) is 27.1 Å². The van der Waals surface area contributed by atoms with Gasteiger partial charge >= 0.3 is 0 Å². The van der Waals surface area contributed by atoms with Gasteiger partial charge < -0.3 is 5.32 Å². The van der Waals surface area contributed by atoms with Crippen molar-refractivity contribution in [3.05, 3.63) is 59.2 Å². The maximum Gasteiger partial charge on any atom is 0.232 e. The molecule has 0 aliphatic rings. The predicted molar refractivity (Wildman–Crippen MR) is 112 cm³/mol. The Hall–Kier alpha value is -2.34. The molecule has 2 aromatic rings. The van der Waals surface area contributed by atoms with Gasteiger partial charge in [-0.15, -0.1) is 0 Å². The van der Waals surface area contributed by atoms with Gasteiger partial charge in [-0.2, -0.15) is 0 Å². The van der Waals surface area contributed by atoms with Gasteiger partial charge in [0.15, 0.2) is 0 Å². The number of rotatable bonds is 7. The van der Waals surface area contributed by atoms with Crippen LogP contribution in [0.15, 0.2) is 42.5 Å². The lowest BCUT2D eigenvalue weighted by Gasteiger charge is -2.23. The van der Waals surface area contributed by atoms with E-state index in [1.165, 1.54) is 4.31 Å². The molecular formula is C21H28N2O3S. The highest BCUT2D eigenvalue weighted by atomic mass is 32.2. The van der Waals surface area contributed by atoms with Gasteiger partial charge in [0.1, 0.15) is 0 Å². The quantitative estimate of drug-likeness (QED) is 0.772. The number of aryl methyl sites for hydroxylation is 2. The number of nitrogens with zero attached hydrogens (tertiary/aromatic N) is 1. The van der Waals surface area contributed by atoms with E-state index in [1.807, 2.05) is 44.2 Å². The molecule has 6 heteroatoms. The normalized spacial score (nSPS) is 11.5. The number of hydrogen-bond acceptors (Lipinski definition) is 3. The summed E-state index contributed by atoms with van der Waals surface area (Å²) >= 11 is 0. The van der Waals surface area contributed by atoms with Gasteiger partial charge in [-0.1, -0.05) is 43.7 Å². The number of carbonyl (C=O) groups is 1. The number of benzene rings is 2. The molecule has 0 heterocycles. The van der Waals surface area contributed by atoms with Crippen molar-refractivity contribution >= 4 is 27.3 Å². The average molecular weight is 389 g/mol. The van der Waals surface area contributed by atoms with Crippen molar-refractivity contribution in [1.82, 2.24) is 0 Å². The maximum absolute atomic E-state index is 12.3. The molecule has 0 aromatic heterocycles. The summed E-state index contributed by atoms with van der Waals surface area (Å²) in [6, 6.07) is 13.2. The third kappa shape index (κ3) is 5.82. The molecule has 0 aliphatic heterocycles. The monoisotopic (exact) mass is 388 g/mol. The third-order valence-electron chi connectivity index (χ3n) is 4.45. The highest BCUT2D eigenvalue weighted by Crippen LogP contribution is 2.22. The Labute approximate surface area is 162 Å². The van der Waals surface area contributed by atoms with Gasteiger partial charge in [-0.25, -0.2) is 8.42 Å². The minimum Gasteiger partial charge on any atom is -0.326 e. The van der Waals surface area contributed by atoms with Gasteiger partial charge in [0, 0.05) is 18.7 Å². The van der Waals surface area contributed by atoms with Crippen LogP contribution in [0.1, 0.15) is 42.9 Å². The van der Waals surface area contributed by atoms with Crippen LogP contribution in [0.2, 0.25) is 0 Å². The smallest absolute Gasteiger partial charge is 0.232 e. The van der Waals surface area contributed by atoms with Crippen molar-refractivity contribution in [1.29, 1.82) is 0 Å². The Kier molecular flexibility index (Phi) is 6.65. The number of hydrogen-bond donors (Lipinski definition) is 1. The third-order valence-corrected chi connectivity index (χ3v) is 5.64. The van der Waals surface area contributed by atoms with Crippen LogP contribution in [0.25, 0.3) is 0 Å². The summed E-state index contributed by atoms with van der Waals surface area (Å²) in [6.07, 6.45) is 1.23. The van der Waals surface area contributed by atoms with E-state index >= 15 is 0 Å². The van der Waals surface area contributed by atoms with Gasteiger partial charge in [0.05, 0.1) is 11.9 Å². The Morgan fingerprint density at radius 3 is 2.22 bits per heavy atom. The molecule has 1 amide bonds. The minimum absolute atomic E-state index is 0.0757. The van der Waals surface area contributed by atoms with E-state index in [0.717, 1.165) is 28.6 Å². The summed E-state index contributed by atoms with van der Waals surface area (Å²) in [7, 11) is -3.48. The lowest BCUT2D eigenvalue weighted by Crippen LogP contribution is -2.33. The zero-order valence-electron chi connectivity index (χ0n) is 16.6. The highest BCUT2D eigenvalue weighted by Gasteiger charge is 2.19. The van der Waals surface area contributed by atoms with Crippen molar-refractivity contribution in [2.45, 2.75) is 40.0 Å². The molecule has 0 spiro atoms. The maximum atomic E-state index is 12.3. The Bertz CT molecular complexity index is 904. The van der Waals surface area contributed by atoms with E-state index < -0.39 is 10.0 Å². The van der Waals surface area contributed by atoms with E-state index in [0.29, 0.717) is 11.6 Å². The van der Waals surface area contributed by atoms with Crippen LogP contribution in [0.4, 0.5) is 11.4 Å². The SMILES string of the molecule is Cc1ccc(NC(=O)CCN(c2ccc(C(C)C)cc2)S(C)(=O)=O)c(C)c1. The average Bonchev–Trinajstić information content (AvgIpc) is 2.57. The van der Waals surface area contributed by atoms with E-state index in [4.69, 9.17) is 0 Å². The topological polar surface area (TPSA) is 66.5 Å². The molecule has 2 aromatic carbocycles. The first-order valence-corrected chi connectivity index (χ1v) is 10.9. The van der Waals surface area contributed by atoms with Gasteiger partial charge in [0.2, 0.25) is 15.9 Å². The van der Waals surface area contributed by atoms with E-state index in [9.17, 15) is 13.2 Å². The summed E-state index contributed by atoms with van der Waals surface area (Å²) < 4.78 is 25.7. The number of anilines is 2. The molecule has 0 bridgehead atoms. The van der Waals surface area contributed by atoms with E-state index in [1.54, 1.807) is 12.1 Å². The van der Waals surface area contributed by atoms with Crippen LogP contribution >= 0.6 is 0 Å². The molecule has 2 rings (SSSR count). The van der Waals surface area contributed by atoms with Crippen molar-refractivity contribution in [3.8, 4) is 0 Å². The minimum atomic E-state index is -3.48. The summed E-state index contributed by atoms with van der Waals surface area (Å²) in [4.78, 5) is 12.3. The number of sulfonamides is 1. The fourth-order valence-corrected chi connectivity index (χ4v) is 3.81. The van der Waals surface area contributed by atoms with Gasteiger partial charge in [0.25, 0.3) is 0 Å². The lowest BCUT2D eigenvalue weighted by molar-refractivity contribution is -0.116. The van der Waals surface area contributed by atoms with E-state index in [2.05, 4.69) is 19.2 Å². The molecule has 0 aliphatic carbocycles. The molecule has 0 radical (unpaired) electrons. The Balaban J connectivity index is 2.09. The second kappa shape index (κ2) is 8.57. The summed E-state index contributed by atoms with van der Waals surface area (Å²) in [5, 5.41) is 2.86. The molecule has 5 nitrogen and oxygen atoms in total. The number of nitrogens with one attached hydrogen (secondary N) is 1. The largest absolute Gasteiger partial charge is 0.326 e. The second-order valence-corrected chi connectivity index (χ2v) is 9.10. The Morgan fingerprint density at radius 2 is 1.70 bits per heavy atom. The summed E-state index contributed by atoms with van der Waals surface area (Å²) in [5.74, 6) is 0.156. The molecule has 0 saturated carbocycles. The van der Waals surface area contributed by atoms with Gasteiger partial charge in [-0.3, -0.25) is 9.10 Å². The zero-order chi connectivity index (χ0) is 20.2. The van der Waals surface area contributed by atoms with Crippen molar-refractivity contribution < 1.29 is 13.2 Å². The zero-order valence-corrected chi connectivity index (χ0v) is 17.4. The van der Waals surface area contributed by atoms with Crippen molar-refractivity contribution in [2.24, 2.45) is 0 Å². The van der Waals surface area contributed by atoms with Crippen LogP contribution in [-0.2, 0) is 14.8 Å². The number of carbonyl (C=O) groups excluding carboxylic acids is 1. The first-order chi connectivity index (χ1) is 12.6. The molecule has 1 N–H and O–H groups in total. The van der Waals surface area contributed by atoms with Gasteiger partial charge in [-0.05, 0) is 49.1 Å². The fraction of sp³-hybridized carbons (Fsp3) is 0.381. The van der Waals surface area contributed by atoms with Crippen LogP contribution in [0.3, 0.4) is 0 Å². The molecule has 0 atom stereocenters. The lowest BCUT2D eigenvalue weighted by atomic mass is 10.0.